The molecule has 0 unspecified atom stereocenters. The SMILES string of the molecule is C=CCCC(=O)N[C@@H](C)[C@H](OC(=O)[C@@H]1[C@@H]2CC[C@]3(O2)[C@H](C(=O)N(CC=C)c2ccc(N(CC)CC)cc2)N(CCCCCO)C(=O)[C@@H]13)c1ccccc1. The van der Waals surface area contributed by atoms with Crippen LogP contribution in [0.3, 0.4) is 0 Å². The Hall–Kier alpha value is -4.48. The summed E-state index contributed by atoms with van der Waals surface area (Å²) in [7, 11) is 0. The maximum atomic E-state index is 14.9. The van der Waals surface area contributed by atoms with Crippen molar-refractivity contribution in [3.05, 3.63) is 85.5 Å². The first-order valence-electron chi connectivity index (χ1n) is 19.2. The average Bonchev–Trinajstić information content (AvgIpc) is 3.81. The molecule has 0 aliphatic carbocycles. The van der Waals surface area contributed by atoms with Crippen LogP contribution in [-0.4, -0.2) is 90.3 Å². The van der Waals surface area contributed by atoms with Gasteiger partial charge < -0.3 is 34.6 Å². The van der Waals surface area contributed by atoms with Crippen molar-refractivity contribution < 1.29 is 33.8 Å². The molecule has 2 bridgehead atoms. The Balaban J connectivity index is 1.46. The number of rotatable bonds is 20. The van der Waals surface area contributed by atoms with Gasteiger partial charge in [0.05, 0.1) is 24.0 Å². The van der Waals surface area contributed by atoms with Gasteiger partial charge in [-0.15, -0.1) is 13.2 Å². The van der Waals surface area contributed by atoms with Gasteiger partial charge in [-0.2, -0.15) is 0 Å². The Kier molecular flexibility index (Phi) is 13.5. The van der Waals surface area contributed by atoms with E-state index in [1.165, 1.54) is 0 Å². The number of nitrogens with zero attached hydrogens (tertiary/aromatic N) is 3. The molecule has 3 aliphatic heterocycles. The molecule has 53 heavy (non-hydrogen) atoms. The van der Waals surface area contributed by atoms with Crippen LogP contribution in [0.5, 0.6) is 0 Å². The summed E-state index contributed by atoms with van der Waals surface area (Å²) in [6.07, 6.45) is 5.47. The van der Waals surface area contributed by atoms with Gasteiger partial charge in [0.15, 0.2) is 0 Å². The number of allylic oxidation sites excluding steroid dienone is 1. The first-order chi connectivity index (χ1) is 25.6. The lowest BCUT2D eigenvalue weighted by atomic mass is 9.70. The van der Waals surface area contributed by atoms with Gasteiger partial charge >= 0.3 is 5.97 Å². The second-order valence-corrected chi connectivity index (χ2v) is 14.2. The van der Waals surface area contributed by atoms with Crippen molar-refractivity contribution in [3.8, 4) is 0 Å². The molecule has 3 saturated heterocycles. The molecular weight excluding hydrogens is 672 g/mol. The number of ether oxygens (including phenoxy) is 2. The van der Waals surface area contributed by atoms with Crippen molar-refractivity contribution in [2.24, 2.45) is 11.8 Å². The molecule has 3 heterocycles. The van der Waals surface area contributed by atoms with E-state index in [2.05, 4.69) is 37.2 Å². The average molecular weight is 729 g/mol. The van der Waals surface area contributed by atoms with Crippen LogP contribution < -0.4 is 15.1 Å². The van der Waals surface area contributed by atoms with E-state index in [1.807, 2.05) is 54.6 Å². The topological polar surface area (TPSA) is 129 Å². The maximum Gasteiger partial charge on any atom is 0.313 e. The van der Waals surface area contributed by atoms with Crippen molar-refractivity contribution in [2.75, 3.05) is 42.6 Å². The molecule has 3 aliphatic rings. The van der Waals surface area contributed by atoms with Gasteiger partial charge in [-0.05, 0) is 89.1 Å². The van der Waals surface area contributed by atoms with Gasteiger partial charge in [0.1, 0.15) is 17.7 Å². The molecule has 2 N–H and O–H groups in total. The highest BCUT2D eigenvalue weighted by molar-refractivity contribution is 6.04. The number of likely N-dealkylation sites (tertiary alicyclic amines) is 1. The lowest BCUT2D eigenvalue weighted by molar-refractivity contribution is -0.162. The summed E-state index contributed by atoms with van der Waals surface area (Å²) < 4.78 is 13.0. The number of fused-ring (bicyclic) bond motifs is 1. The normalized spacial score (nSPS) is 23.9. The Morgan fingerprint density at radius 1 is 1.04 bits per heavy atom. The molecule has 7 atom stereocenters. The zero-order valence-electron chi connectivity index (χ0n) is 31.5. The summed E-state index contributed by atoms with van der Waals surface area (Å²) in [5, 5.41) is 12.4. The highest BCUT2D eigenvalue weighted by Gasteiger charge is 2.75. The molecule has 0 aromatic heterocycles. The van der Waals surface area contributed by atoms with E-state index in [-0.39, 0.29) is 43.8 Å². The summed E-state index contributed by atoms with van der Waals surface area (Å²) in [6, 6.07) is 15.5. The largest absolute Gasteiger partial charge is 0.455 e. The van der Waals surface area contributed by atoms with Crippen LogP contribution in [0.15, 0.2) is 79.9 Å². The third-order valence-electron chi connectivity index (χ3n) is 11.0. The summed E-state index contributed by atoms with van der Waals surface area (Å²) in [5.41, 5.74) is 1.21. The lowest BCUT2D eigenvalue weighted by Gasteiger charge is -2.37. The molecule has 0 saturated carbocycles. The van der Waals surface area contributed by atoms with Crippen LogP contribution >= 0.6 is 0 Å². The van der Waals surface area contributed by atoms with E-state index in [1.54, 1.807) is 28.9 Å². The molecule has 286 valence electrons. The van der Waals surface area contributed by atoms with Crippen LogP contribution in [0, 0.1) is 11.8 Å². The van der Waals surface area contributed by atoms with E-state index in [0.29, 0.717) is 49.8 Å². The Labute approximate surface area is 314 Å². The van der Waals surface area contributed by atoms with E-state index in [4.69, 9.17) is 9.47 Å². The molecule has 3 amide bonds. The van der Waals surface area contributed by atoms with Crippen molar-refractivity contribution >= 4 is 35.1 Å². The van der Waals surface area contributed by atoms with Crippen LogP contribution in [0.25, 0.3) is 0 Å². The van der Waals surface area contributed by atoms with Crippen LogP contribution in [0.1, 0.15) is 77.4 Å². The number of carbonyl (C=O) groups excluding carboxylic acids is 4. The number of aliphatic hydroxyl groups is 1. The molecule has 1 spiro atoms. The number of benzene rings is 2. The summed E-state index contributed by atoms with van der Waals surface area (Å²) in [6.45, 7) is 15.8. The number of aliphatic hydroxyl groups excluding tert-OH is 1. The zero-order valence-corrected chi connectivity index (χ0v) is 31.5. The monoisotopic (exact) mass is 728 g/mol. The predicted molar refractivity (Wildman–Crippen MR) is 205 cm³/mol. The molecule has 2 aromatic carbocycles. The molecule has 3 fully saturated rings. The minimum Gasteiger partial charge on any atom is -0.455 e. The van der Waals surface area contributed by atoms with Crippen LogP contribution in [-0.2, 0) is 28.7 Å². The first-order valence-corrected chi connectivity index (χ1v) is 19.2. The van der Waals surface area contributed by atoms with Gasteiger partial charge in [0.25, 0.3) is 5.91 Å². The Morgan fingerprint density at radius 2 is 1.74 bits per heavy atom. The van der Waals surface area contributed by atoms with Gasteiger partial charge in [-0.1, -0.05) is 42.5 Å². The molecular formula is C42H56N4O7. The van der Waals surface area contributed by atoms with Crippen molar-refractivity contribution in [3.63, 3.8) is 0 Å². The highest BCUT2D eigenvalue weighted by Crippen LogP contribution is 2.59. The number of hydrogen-bond acceptors (Lipinski definition) is 8. The van der Waals surface area contributed by atoms with Crippen LogP contribution in [0.2, 0.25) is 0 Å². The third kappa shape index (κ3) is 8.21. The van der Waals surface area contributed by atoms with Crippen LogP contribution in [0.4, 0.5) is 11.4 Å². The highest BCUT2D eigenvalue weighted by atomic mass is 16.6. The molecule has 11 heteroatoms. The number of nitrogens with one attached hydrogen (secondary N) is 1. The van der Waals surface area contributed by atoms with Gasteiger partial charge in [0, 0.05) is 50.6 Å². The minimum atomic E-state index is -1.22. The van der Waals surface area contributed by atoms with Gasteiger partial charge in [-0.3, -0.25) is 19.2 Å². The van der Waals surface area contributed by atoms with Gasteiger partial charge in [0.2, 0.25) is 11.8 Å². The first kappa shape index (κ1) is 39.7. The van der Waals surface area contributed by atoms with Crippen molar-refractivity contribution in [1.82, 2.24) is 10.2 Å². The smallest absolute Gasteiger partial charge is 0.313 e. The van der Waals surface area contributed by atoms with Crippen molar-refractivity contribution in [1.29, 1.82) is 0 Å². The number of carbonyl (C=O) groups is 4. The van der Waals surface area contributed by atoms with E-state index in [9.17, 15) is 24.3 Å². The second kappa shape index (κ2) is 18.0. The Morgan fingerprint density at radius 3 is 2.38 bits per heavy atom. The summed E-state index contributed by atoms with van der Waals surface area (Å²) >= 11 is 0. The van der Waals surface area contributed by atoms with E-state index >= 15 is 0 Å². The fourth-order valence-corrected chi connectivity index (χ4v) is 8.48. The fraction of sp³-hybridized carbons (Fsp3) is 0.524. The maximum absolute atomic E-state index is 14.9. The number of anilines is 2. The van der Waals surface area contributed by atoms with E-state index < -0.39 is 47.7 Å². The molecule has 0 radical (unpaired) electrons. The number of unbranched alkanes of at least 4 members (excludes halogenated alkanes) is 2. The number of amides is 3. The van der Waals surface area contributed by atoms with Crippen molar-refractivity contribution in [2.45, 2.75) is 95.6 Å². The van der Waals surface area contributed by atoms with Gasteiger partial charge in [-0.25, -0.2) is 0 Å². The number of hydrogen-bond donors (Lipinski definition) is 2. The fourth-order valence-electron chi connectivity index (χ4n) is 8.48. The standard InChI is InChI=1S/C42H56N4O7/c1-6-10-19-34(48)43-29(5)37(30-17-13-11-14-18-30)52-41(51)35-33-24-25-42(53-33)36(35)39(49)46(27-15-12-16-28-47)38(42)40(50)45(26-7-2)32-22-20-31(21-23-32)44(8-3)9-4/h6-7,11,13-14,17-18,20-23,29,33,35-38,47H,1-2,8-10,12,15-16,19,24-28H2,3-5H3,(H,43,48)/t29-,33-,35+,36+,37-,38-,42+/m0/s1. The number of esters is 1. The van der Waals surface area contributed by atoms with E-state index in [0.717, 1.165) is 18.8 Å². The second-order valence-electron chi connectivity index (χ2n) is 14.2. The summed E-state index contributed by atoms with van der Waals surface area (Å²) in [5.74, 6) is -3.19. The molecule has 5 rings (SSSR count). The predicted octanol–water partition coefficient (Wildman–Crippen LogP) is 5.34. The lowest BCUT2D eigenvalue weighted by Crippen LogP contribution is -2.56. The summed E-state index contributed by atoms with van der Waals surface area (Å²) in [4.78, 5) is 62.2. The quantitative estimate of drug-likeness (QED) is 0.106. The Bertz CT molecular complexity index is 1600. The minimum absolute atomic E-state index is 0.0356. The molecule has 2 aromatic rings. The third-order valence-corrected chi connectivity index (χ3v) is 11.0. The molecule has 11 nitrogen and oxygen atoms in total. The zero-order chi connectivity index (χ0) is 38.1.